The van der Waals surface area contributed by atoms with E-state index in [1.54, 1.807) is 36.2 Å². The average Bonchev–Trinajstić information content (AvgIpc) is 2.62. The highest BCUT2D eigenvalue weighted by Gasteiger charge is 2.34. The van der Waals surface area contributed by atoms with E-state index in [1.807, 2.05) is 11.0 Å². The van der Waals surface area contributed by atoms with Crippen LogP contribution in [0, 0.1) is 11.7 Å². The molecule has 0 aliphatic carbocycles. The van der Waals surface area contributed by atoms with Crippen LogP contribution in [-0.2, 0) is 0 Å². The van der Waals surface area contributed by atoms with Crippen molar-refractivity contribution >= 4 is 23.5 Å². The number of nitrogens with one attached hydrogen (secondary N) is 1. The number of amides is 2. The van der Waals surface area contributed by atoms with E-state index in [9.17, 15) is 9.18 Å². The lowest BCUT2D eigenvalue weighted by atomic mass is 9.86. The molecule has 3 rings (SSSR count). The van der Waals surface area contributed by atoms with Crippen molar-refractivity contribution in [1.82, 2.24) is 15.1 Å². The van der Waals surface area contributed by atoms with Crippen molar-refractivity contribution in [2.45, 2.75) is 36.3 Å². The number of hydrogen-bond acceptors (Lipinski definition) is 4. The molecule has 0 atom stereocenters. The number of carbonyl (C=O) groups excluding carboxylic acids is 1. The summed E-state index contributed by atoms with van der Waals surface area (Å²) in [5.74, 6) is 0.255. The fourth-order valence-corrected chi connectivity index (χ4v) is 4.59. The smallest absolute Gasteiger partial charge is 0.321 e. The van der Waals surface area contributed by atoms with E-state index in [0.717, 1.165) is 17.7 Å². The Kier molecular flexibility index (Phi) is 5.76. The van der Waals surface area contributed by atoms with Crippen LogP contribution in [0.25, 0.3) is 0 Å². The summed E-state index contributed by atoms with van der Waals surface area (Å²) in [5, 5.41) is 10.3. The molecule has 1 N–H and O–H groups in total. The quantitative estimate of drug-likeness (QED) is 0.805. The molecule has 1 aromatic heterocycles. The number of halogens is 1. The number of carbonyl (C=O) groups is 1. The molecule has 0 saturated carbocycles. The van der Waals surface area contributed by atoms with Gasteiger partial charge in [-0.05, 0) is 43.0 Å². The summed E-state index contributed by atoms with van der Waals surface area (Å²) in [6.45, 7) is 5.82. The first kappa shape index (κ1) is 18.6. The van der Waals surface area contributed by atoms with Gasteiger partial charge in [-0.15, -0.1) is 11.8 Å². The number of benzene rings is 1. The number of hydrogen-bond donors (Lipinski definition) is 1. The minimum Gasteiger partial charge on any atom is -0.325 e. The van der Waals surface area contributed by atoms with Crippen molar-refractivity contribution in [3.8, 4) is 0 Å². The molecule has 1 aliphatic rings. The van der Waals surface area contributed by atoms with Crippen LogP contribution in [0.2, 0.25) is 0 Å². The number of aromatic nitrogens is 2. The fourth-order valence-electron chi connectivity index (χ4n) is 3.26. The number of piperidine rings is 1. The number of anilines is 1. The maximum absolute atomic E-state index is 13.4. The van der Waals surface area contributed by atoms with Gasteiger partial charge in [0, 0.05) is 22.7 Å². The van der Waals surface area contributed by atoms with Gasteiger partial charge in [0.25, 0.3) is 0 Å². The van der Waals surface area contributed by atoms with Crippen molar-refractivity contribution in [2.75, 3.05) is 18.4 Å². The summed E-state index contributed by atoms with van der Waals surface area (Å²) in [5.41, 5.74) is 0.647. The first-order valence-electron chi connectivity index (χ1n) is 8.71. The zero-order valence-electron chi connectivity index (χ0n) is 15.0. The van der Waals surface area contributed by atoms with Gasteiger partial charge in [-0.25, -0.2) is 9.18 Å². The molecule has 26 heavy (non-hydrogen) atoms. The normalized spacial score (nSPS) is 15.7. The third-order valence-corrected chi connectivity index (χ3v) is 6.13. The van der Waals surface area contributed by atoms with Gasteiger partial charge in [-0.3, -0.25) is 0 Å². The van der Waals surface area contributed by atoms with E-state index >= 15 is 0 Å². The van der Waals surface area contributed by atoms with Crippen LogP contribution in [0.5, 0.6) is 0 Å². The number of thioether (sulfide) groups is 1. The zero-order chi connectivity index (χ0) is 18.6. The number of urea groups is 1. The molecule has 0 spiro atoms. The van der Waals surface area contributed by atoms with Crippen molar-refractivity contribution < 1.29 is 9.18 Å². The van der Waals surface area contributed by atoms with Gasteiger partial charge >= 0.3 is 6.03 Å². The molecule has 1 fully saturated rings. The topological polar surface area (TPSA) is 58.1 Å². The number of nitrogens with zero attached hydrogens (tertiary/aromatic N) is 3. The largest absolute Gasteiger partial charge is 0.325 e. The standard InChI is InChI=1S/C19H23FN4OS/c1-19(2,26-17-5-3-4-15(20)12-17)14-7-10-24(11-8-14)18(25)23-16-6-9-21-22-13-16/h3-6,9,12-14H,7-8,10-11H2,1-2H3,(H,21,23,25). The Morgan fingerprint density at radius 2 is 2.04 bits per heavy atom. The summed E-state index contributed by atoms with van der Waals surface area (Å²) in [6.07, 6.45) is 4.94. The molecule has 2 heterocycles. The van der Waals surface area contributed by atoms with Crippen LogP contribution < -0.4 is 5.32 Å². The Bertz CT molecular complexity index is 748. The lowest BCUT2D eigenvalue weighted by Crippen LogP contribution is -2.44. The second kappa shape index (κ2) is 8.03. The minimum absolute atomic E-state index is 0.0224. The maximum atomic E-state index is 13.4. The number of rotatable bonds is 4. The van der Waals surface area contributed by atoms with Gasteiger partial charge < -0.3 is 10.2 Å². The van der Waals surface area contributed by atoms with Crippen LogP contribution in [-0.4, -0.2) is 39.0 Å². The lowest BCUT2D eigenvalue weighted by molar-refractivity contribution is 0.173. The van der Waals surface area contributed by atoms with Crippen molar-refractivity contribution in [3.05, 3.63) is 48.5 Å². The van der Waals surface area contributed by atoms with Crippen LogP contribution in [0.4, 0.5) is 14.9 Å². The average molecular weight is 374 g/mol. The molecule has 7 heteroatoms. The molecular formula is C19H23FN4OS. The highest BCUT2D eigenvalue weighted by atomic mass is 32.2. The summed E-state index contributed by atoms with van der Waals surface area (Å²) in [6, 6.07) is 8.35. The third kappa shape index (κ3) is 4.72. The Morgan fingerprint density at radius 3 is 2.69 bits per heavy atom. The molecule has 0 radical (unpaired) electrons. The van der Waals surface area contributed by atoms with Gasteiger partial charge in [0.05, 0.1) is 18.1 Å². The summed E-state index contributed by atoms with van der Waals surface area (Å²) in [4.78, 5) is 15.2. The molecule has 1 aliphatic heterocycles. The van der Waals surface area contributed by atoms with Gasteiger partial charge in [-0.1, -0.05) is 19.9 Å². The molecule has 0 unspecified atom stereocenters. The Balaban J connectivity index is 1.54. The molecular weight excluding hydrogens is 351 g/mol. The molecule has 2 aromatic rings. The van der Waals surface area contributed by atoms with Crippen LogP contribution in [0.1, 0.15) is 26.7 Å². The highest BCUT2D eigenvalue weighted by molar-refractivity contribution is 8.00. The Morgan fingerprint density at radius 1 is 1.27 bits per heavy atom. The third-order valence-electron chi connectivity index (χ3n) is 4.78. The molecule has 5 nitrogen and oxygen atoms in total. The van der Waals surface area contributed by atoms with E-state index in [2.05, 4.69) is 29.4 Å². The minimum atomic E-state index is -0.206. The molecule has 138 valence electrons. The van der Waals surface area contributed by atoms with E-state index in [1.165, 1.54) is 12.3 Å². The van der Waals surface area contributed by atoms with Crippen molar-refractivity contribution in [2.24, 2.45) is 5.92 Å². The SMILES string of the molecule is CC(C)(Sc1cccc(F)c1)C1CCN(C(=O)Nc2ccnnc2)CC1. The van der Waals surface area contributed by atoms with Crippen LogP contribution in [0.3, 0.4) is 0 Å². The first-order valence-corrected chi connectivity index (χ1v) is 9.53. The fraction of sp³-hybridized carbons (Fsp3) is 0.421. The second-order valence-electron chi connectivity index (χ2n) is 6.99. The molecule has 0 bridgehead atoms. The van der Waals surface area contributed by atoms with E-state index in [-0.39, 0.29) is 16.6 Å². The van der Waals surface area contributed by atoms with Crippen molar-refractivity contribution in [1.29, 1.82) is 0 Å². The highest BCUT2D eigenvalue weighted by Crippen LogP contribution is 2.42. The van der Waals surface area contributed by atoms with Gasteiger partial charge in [-0.2, -0.15) is 10.2 Å². The Labute approximate surface area is 157 Å². The second-order valence-corrected chi connectivity index (χ2v) is 8.71. The van der Waals surface area contributed by atoms with Crippen molar-refractivity contribution in [3.63, 3.8) is 0 Å². The van der Waals surface area contributed by atoms with Gasteiger partial charge in [0.2, 0.25) is 0 Å². The summed E-state index contributed by atoms with van der Waals surface area (Å²) < 4.78 is 13.4. The van der Waals surface area contributed by atoms with Crippen LogP contribution in [0.15, 0.2) is 47.6 Å². The molecule has 1 aromatic carbocycles. The first-order chi connectivity index (χ1) is 12.4. The summed E-state index contributed by atoms with van der Waals surface area (Å²) in [7, 11) is 0. The van der Waals surface area contributed by atoms with E-state index in [0.29, 0.717) is 24.7 Å². The predicted molar refractivity (Wildman–Crippen MR) is 102 cm³/mol. The summed E-state index contributed by atoms with van der Waals surface area (Å²) >= 11 is 1.70. The maximum Gasteiger partial charge on any atom is 0.321 e. The predicted octanol–water partition coefficient (Wildman–Crippen LogP) is 4.43. The number of likely N-dealkylation sites (tertiary alicyclic amines) is 1. The zero-order valence-corrected chi connectivity index (χ0v) is 15.8. The lowest BCUT2D eigenvalue weighted by Gasteiger charge is -2.40. The Hall–Kier alpha value is -2.15. The molecule has 1 saturated heterocycles. The van der Waals surface area contributed by atoms with Gasteiger partial charge in [0.1, 0.15) is 5.82 Å². The monoisotopic (exact) mass is 374 g/mol. The molecule has 2 amide bonds. The van der Waals surface area contributed by atoms with Gasteiger partial charge in [0.15, 0.2) is 0 Å². The van der Waals surface area contributed by atoms with Crippen LogP contribution >= 0.6 is 11.8 Å². The van der Waals surface area contributed by atoms with E-state index in [4.69, 9.17) is 0 Å². The van der Waals surface area contributed by atoms with E-state index < -0.39 is 0 Å².